The third kappa shape index (κ3) is 2.51. The smallest absolute Gasteiger partial charge is 0.125 e. The Kier molecular flexibility index (Phi) is 4.26. The molecule has 0 saturated carbocycles. The second-order valence-corrected chi connectivity index (χ2v) is 4.61. The van der Waals surface area contributed by atoms with Crippen LogP contribution in [0.2, 0.25) is 0 Å². The van der Waals surface area contributed by atoms with Crippen LogP contribution in [0, 0.1) is 0 Å². The van der Waals surface area contributed by atoms with Crippen molar-refractivity contribution in [2.45, 2.75) is 19.4 Å². The van der Waals surface area contributed by atoms with Gasteiger partial charge < -0.3 is 15.0 Å². The Morgan fingerprint density at radius 3 is 2.78 bits per heavy atom. The molecule has 1 N–H and O–H groups in total. The van der Waals surface area contributed by atoms with Crippen molar-refractivity contribution in [2.24, 2.45) is 0 Å². The van der Waals surface area contributed by atoms with Gasteiger partial charge in [0.1, 0.15) is 5.75 Å². The maximum Gasteiger partial charge on any atom is 0.125 e. The van der Waals surface area contributed by atoms with Gasteiger partial charge in [-0.3, -0.25) is 0 Å². The molecule has 0 aromatic heterocycles. The zero-order valence-corrected chi connectivity index (χ0v) is 11.4. The highest BCUT2D eigenvalue weighted by molar-refractivity contribution is 5.61. The molecule has 0 radical (unpaired) electrons. The Morgan fingerprint density at radius 1 is 1.33 bits per heavy atom. The lowest BCUT2D eigenvalue weighted by atomic mass is 10.0. The van der Waals surface area contributed by atoms with Gasteiger partial charge in [0.25, 0.3) is 0 Å². The van der Waals surface area contributed by atoms with Crippen molar-refractivity contribution in [3.8, 4) is 5.75 Å². The number of ether oxygens (including phenoxy) is 1. The molecule has 1 aliphatic heterocycles. The van der Waals surface area contributed by atoms with E-state index in [1.165, 1.54) is 11.3 Å². The highest BCUT2D eigenvalue weighted by atomic mass is 16.5. The van der Waals surface area contributed by atoms with E-state index in [9.17, 15) is 0 Å². The Bertz CT molecular complexity index is 429. The Labute approximate surface area is 109 Å². The highest BCUT2D eigenvalue weighted by Crippen LogP contribution is 2.35. The number of hydrogen-bond acceptors (Lipinski definition) is 3. The quantitative estimate of drug-likeness (QED) is 0.827. The summed E-state index contributed by atoms with van der Waals surface area (Å²) in [5.41, 5.74) is 2.53. The van der Waals surface area contributed by atoms with Crippen LogP contribution in [-0.4, -0.2) is 27.2 Å². The van der Waals surface area contributed by atoms with Crippen LogP contribution in [0.1, 0.15) is 24.9 Å². The molecule has 18 heavy (non-hydrogen) atoms. The van der Waals surface area contributed by atoms with Gasteiger partial charge >= 0.3 is 0 Å². The molecule has 0 bridgehead atoms. The molecule has 1 aliphatic rings. The second-order valence-electron chi connectivity index (χ2n) is 4.61. The standard InChI is InChI=1S/C15H22N2O/c1-12(16-2)15-13(8-7-9-14(15)18-3)17-10-5-4-6-11-17/h4-5,7-9,12,16H,6,10-11H2,1-3H3. The van der Waals surface area contributed by atoms with E-state index in [4.69, 9.17) is 4.74 Å². The van der Waals surface area contributed by atoms with E-state index in [2.05, 4.69) is 41.4 Å². The molecular formula is C15H22N2O. The van der Waals surface area contributed by atoms with Crippen molar-refractivity contribution in [2.75, 3.05) is 32.1 Å². The van der Waals surface area contributed by atoms with E-state index >= 15 is 0 Å². The predicted molar refractivity (Wildman–Crippen MR) is 76.4 cm³/mol. The Morgan fingerprint density at radius 2 is 2.17 bits per heavy atom. The summed E-state index contributed by atoms with van der Waals surface area (Å²) >= 11 is 0. The average molecular weight is 246 g/mol. The number of hydrogen-bond donors (Lipinski definition) is 1. The third-order valence-corrected chi connectivity index (χ3v) is 3.53. The lowest BCUT2D eigenvalue weighted by Crippen LogP contribution is -2.29. The second kappa shape index (κ2) is 5.91. The average Bonchev–Trinajstić information content (AvgIpc) is 2.46. The summed E-state index contributed by atoms with van der Waals surface area (Å²) in [6.07, 6.45) is 5.60. The number of rotatable bonds is 4. The molecule has 1 aromatic rings. The van der Waals surface area contributed by atoms with Gasteiger partial charge in [0.15, 0.2) is 0 Å². The largest absolute Gasteiger partial charge is 0.496 e. The van der Waals surface area contributed by atoms with Gasteiger partial charge in [-0.05, 0) is 32.5 Å². The number of nitrogens with one attached hydrogen (secondary N) is 1. The molecule has 1 aromatic carbocycles. The predicted octanol–water partition coefficient (Wildman–Crippen LogP) is 2.74. The van der Waals surface area contributed by atoms with E-state index in [0.717, 1.165) is 25.3 Å². The molecule has 1 atom stereocenters. The van der Waals surface area contributed by atoms with Gasteiger partial charge in [-0.2, -0.15) is 0 Å². The molecule has 0 spiro atoms. The molecule has 3 heteroatoms. The van der Waals surface area contributed by atoms with Crippen molar-refractivity contribution >= 4 is 5.69 Å². The van der Waals surface area contributed by atoms with Gasteiger partial charge in [0.05, 0.1) is 7.11 Å². The van der Waals surface area contributed by atoms with E-state index in [-0.39, 0.29) is 6.04 Å². The molecule has 0 amide bonds. The van der Waals surface area contributed by atoms with Gasteiger partial charge in [0, 0.05) is 30.4 Å². The molecule has 1 heterocycles. The van der Waals surface area contributed by atoms with Crippen molar-refractivity contribution in [3.05, 3.63) is 35.9 Å². The first kappa shape index (κ1) is 13.0. The first-order valence-electron chi connectivity index (χ1n) is 6.52. The third-order valence-electron chi connectivity index (χ3n) is 3.53. The highest BCUT2D eigenvalue weighted by Gasteiger charge is 2.19. The summed E-state index contributed by atoms with van der Waals surface area (Å²) < 4.78 is 5.52. The van der Waals surface area contributed by atoms with Crippen molar-refractivity contribution in [1.82, 2.24) is 5.32 Å². The van der Waals surface area contributed by atoms with Crippen LogP contribution >= 0.6 is 0 Å². The van der Waals surface area contributed by atoms with E-state index in [1.807, 2.05) is 13.1 Å². The Hall–Kier alpha value is -1.48. The zero-order chi connectivity index (χ0) is 13.0. The first-order chi connectivity index (χ1) is 8.77. The minimum atomic E-state index is 0.280. The monoisotopic (exact) mass is 246 g/mol. The molecule has 0 fully saturated rings. The van der Waals surface area contributed by atoms with Crippen molar-refractivity contribution in [1.29, 1.82) is 0 Å². The SMILES string of the molecule is CNC(C)c1c(OC)cccc1N1CC=CCC1. The summed E-state index contributed by atoms with van der Waals surface area (Å²) in [5, 5.41) is 3.31. The fourth-order valence-electron chi connectivity index (χ4n) is 2.43. The molecular weight excluding hydrogens is 224 g/mol. The maximum absolute atomic E-state index is 5.52. The maximum atomic E-state index is 5.52. The minimum absolute atomic E-state index is 0.280. The van der Waals surface area contributed by atoms with Crippen LogP contribution in [0.4, 0.5) is 5.69 Å². The number of nitrogens with zero attached hydrogens (tertiary/aromatic N) is 1. The van der Waals surface area contributed by atoms with E-state index < -0.39 is 0 Å². The molecule has 98 valence electrons. The van der Waals surface area contributed by atoms with Crippen molar-refractivity contribution in [3.63, 3.8) is 0 Å². The van der Waals surface area contributed by atoms with Crippen LogP contribution in [0.25, 0.3) is 0 Å². The van der Waals surface area contributed by atoms with Gasteiger partial charge in [0.2, 0.25) is 0 Å². The fourth-order valence-corrected chi connectivity index (χ4v) is 2.43. The van der Waals surface area contributed by atoms with E-state index in [1.54, 1.807) is 7.11 Å². The van der Waals surface area contributed by atoms with Crippen LogP contribution in [0.15, 0.2) is 30.4 Å². The fraction of sp³-hybridized carbons (Fsp3) is 0.467. The summed E-state index contributed by atoms with van der Waals surface area (Å²) in [4.78, 5) is 2.41. The van der Waals surface area contributed by atoms with Gasteiger partial charge in [-0.25, -0.2) is 0 Å². The summed E-state index contributed by atoms with van der Waals surface area (Å²) in [6.45, 7) is 4.23. The van der Waals surface area contributed by atoms with E-state index in [0.29, 0.717) is 0 Å². The van der Waals surface area contributed by atoms with Crippen LogP contribution < -0.4 is 15.0 Å². The van der Waals surface area contributed by atoms with Gasteiger partial charge in [-0.15, -0.1) is 0 Å². The summed E-state index contributed by atoms with van der Waals surface area (Å²) in [7, 11) is 3.72. The van der Waals surface area contributed by atoms with Crippen molar-refractivity contribution < 1.29 is 4.74 Å². The topological polar surface area (TPSA) is 24.5 Å². The Balaban J connectivity index is 2.41. The zero-order valence-electron chi connectivity index (χ0n) is 11.4. The number of methoxy groups -OCH3 is 1. The first-order valence-corrected chi connectivity index (χ1v) is 6.52. The van der Waals surface area contributed by atoms with Crippen LogP contribution in [0.3, 0.4) is 0 Å². The number of benzene rings is 1. The molecule has 3 nitrogen and oxygen atoms in total. The minimum Gasteiger partial charge on any atom is -0.496 e. The van der Waals surface area contributed by atoms with Crippen LogP contribution in [-0.2, 0) is 0 Å². The van der Waals surface area contributed by atoms with Gasteiger partial charge in [-0.1, -0.05) is 18.2 Å². The molecule has 0 aliphatic carbocycles. The molecule has 2 rings (SSSR count). The summed E-state index contributed by atoms with van der Waals surface area (Å²) in [6, 6.07) is 6.57. The van der Waals surface area contributed by atoms with Crippen LogP contribution in [0.5, 0.6) is 5.75 Å². The molecule has 0 saturated heterocycles. The summed E-state index contributed by atoms with van der Waals surface area (Å²) in [5.74, 6) is 0.962. The number of anilines is 1. The lowest BCUT2D eigenvalue weighted by Gasteiger charge is -2.30. The normalized spacial score (nSPS) is 16.7. The lowest BCUT2D eigenvalue weighted by molar-refractivity contribution is 0.404. The molecule has 1 unspecified atom stereocenters.